The van der Waals surface area contributed by atoms with Crippen LogP contribution in [-0.4, -0.2) is 56.7 Å². The third-order valence-electron chi connectivity index (χ3n) is 5.05. The van der Waals surface area contributed by atoms with E-state index in [-0.39, 0.29) is 37.0 Å². The zero-order valence-electron chi connectivity index (χ0n) is 17.5. The predicted octanol–water partition coefficient (Wildman–Crippen LogP) is 3.34. The Hall–Kier alpha value is -2.68. The minimum atomic E-state index is -4.08. The highest BCUT2D eigenvalue weighted by Gasteiger charge is 2.34. The van der Waals surface area contributed by atoms with Crippen LogP contribution in [0.25, 0.3) is 11.5 Å². The van der Waals surface area contributed by atoms with Gasteiger partial charge in [-0.25, -0.2) is 4.21 Å². The summed E-state index contributed by atoms with van der Waals surface area (Å²) in [4.78, 5) is 4.23. The van der Waals surface area contributed by atoms with Crippen LogP contribution in [0.15, 0.2) is 47.0 Å². The van der Waals surface area contributed by atoms with Gasteiger partial charge in [0.2, 0.25) is 5.89 Å². The highest BCUT2D eigenvalue weighted by Crippen LogP contribution is 2.28. The Morgan fingerprint density at radius 3 is 2.53 bits per heavy atom. The van der Waals surface area contributed by atoms with Crippen molar-refractivity contribution in [3.05, 3.63) is 59.2 Å². The molecule has 15 heteroatoms. The van der Waals surface area contributed by atoms with Crippen LogP contribution >= 0.6 is 11.6 Å². The Bertz CT molecular complexity index is 1370. The fourth-order valence-corrected chi connectivity index (χ4v) is 6.50. The van der Waals surface area contributed by atoms with Crippen LogP contribution < -0.4 is 4.31 Å². The molecular formula is C19H19ClF2N6O4S2. The second kappa shape index (κ2) is 9.52. The van der Waals surface area contributed by atoms with E-state index < -0.39 is 32.3 Å². The molecule has 1 aromatic carbocycles. The van der Waals surface area contributed by atoms with Crippen LogP contribution in [0, 0.1) is 4.78 Å². The van der Waals surface area contributed by atoms with Gasteiger partial charge in [-0.2, -0.15) is 21.5 Å². The first-order valence-corrected chi connectivity index (χ1v) is 13.6. The summed E-state index contributed by atoms with van der Waals surface area (Å²) in [5, 5.41) is 7.17. The highest BCUT2D eigenvalue weighted by molar-refractivity contribution is 7.93. The van der Waals surface area contributed by atoms with E-state index >= 15 is 0 Å². The zero-order chi connectivity index (χ0) is 24.5. The first kappa shape index (κ1) is 24.4. The van der Waals surface area contributed by atoms with E-state index in [4.69, 9.17) is 20.8 Å². The lowest BCUT2D eigenvalue weighted by Crippen LogP contribution is -2.50. The lowest BCUT2D eigenvalue weighted by molar-refractivity contribution is 0.116. The number of hydrogen-bond acceptors (Lipinski definition) is 8. The Morgan fingerprint density at radius 2 is 1.94 bits per heavy atom. The highest BCUT2D eigenvalue weighted by atomic mass is 35.5. The molecule has 1 N–H and O–H groups in total. The Morgan fingerprint density at radius 1 is 1.21 bits per heavy atom. The van der Waals surface area contributed by atoms with Crippen LogP contribution in [0.4, 0.5) is 14.5 Å². The molecule has 10 nitrogen and oxygen atoms in total. The first-order chi connectivity index (χ1) is 16.0. The summed E-state index contributed by atoms with van der Waals surface area (Å²) in [6.45, 7) is -0.253. The van der Waals surface area contributed by atoms with Crippen molar-refractivity contribution in [2.24, 2.45) is 0 Å². The fourth-order valence-electron chi connectivity index (χ4n) is 3.25. The molecule has 1 aliphatic heterocycles. The maximum Gasteiger partial charge on any atom is 0.314 e. The van der Waals surface area contributed by atoms with Gasteiger partial charge in [-0.15, -0.1) is 10.2 Å². The molecule has 3 heterocycles. The van der Waals surface area contributed by atoms with Crippen molar-refractivity contribution in [3.8, 4) is 11.5 Å². The van der Waals surface area contributed by atoms with Gasteiger partial charge in [-0.05, 0) is 30.3 Å². The second-order valence-corrected chi connectivity index (χ2v) is 12.1. The van der Waals surface area contributed by atoms with E-state index in [0.717, 1.165) is 4.31 Å². The lowest BCUT2D eigenvalue weighted by atomic mass is 10.2. The number of alkyl halides is 2. The molecule has 182 valence electrons. The largest absolute Gasteiger partial charge is 0.415 e. The molecule has 1 saturated heterocycles. The van der Waals surface area contributed by atoms with E-state index in [9.17, 15) is 21.4 Å². The van der Waals surface area contributed by atoms with E-state index in [1.807, 2.05) is 0 Å². The molecule has 0 saturated carbocycles. The zero-order valence-corrected chi connectivity index (χ0v) is 19.9. The molecule has 4 rings (SSSR count). The molecule has 0 atom stereocenters. The summed E-state index contributed by atoms with van der Waals surface area (Å²) in [5.74, 6) is -1.04. The average Bonchev–Trinajstić information content (AvgIpc) is 3.28. The van der Waals surface area contributed by atoms with Crippen LogP contribution in [0.1, 0.15) is 18.0 Å². The molecule has 1 fully saturated rings. The van der Waals surface area contributed by atoms with Gasteiger partial charge >= 0.3 is 16.6 Å². The quantitative estimate of drug-likeness (QED) is 0.493. The lowest BCUT2D eigenvalue weighted by Gasteiger charge is -2.33. The predicted molar refractivity (Wildman–Crippen MR) is 121 cm³/mol. The molecule has 0 aliphatic carbocycles. The molecular weight excluding hydrogens is 514 g/mol. The number of nitrogens with one attached hydrogen (secondary N) is 1. The number of pyridine rings is 1. The van der Waals surface area contributed by atoms with Crippen molar-refractivity contribution in [2.45, 2.75) is 13.0 Å². The molecule has 34 heavy (non-hydrogen) atoms. The van der Waals surface area contributed by atoms with Crippen LogP contribution in [0.3, 0.4) is 0 Å². The van der Waals surface area contributed by atoms with Crippen LogP contribution in [0.5, 0.6) is 0 Å². The third-order valence-corrected chi connectivity index (χ3v) is 8.88. The number of anilines is 1. The molecule has 0 spiro atoms. The van der Waals surface area contributed by atoms with Gasteiger partial charge in [0.1, 0.15) is 0 Å². The van der Waals surface area contributed by atoms with Gasteiger partial charge in [0.25, 0.3) is 5.89 Å². The smallest absolute Gasteiger partial charge is 0.314 e. The molecule has 0 bridgehead atoms. The maximum atomic E-state index is 13.5. The maximum absolute atomic E-state index is 13.5. The molecule has 2 aromatic heterocycles. The number of rotatable bonds is 7. The normalized spacial score (nSPS) is 16.6. The van der Waals surface area contributed by atoms with E-state index in [2.05, 4.69) is 15.2 Å². The van der Waals surface area contributed by atoms with E-state index in [1.54, 1.807) is 18.2 Å². The second-order valence-electron chi connectivity index (χ2n) is 7.40. The number of aromatic nitrogens is 3. The third kappa shape index (κ3) is 5.35. The SMILES string of the molecule is N=S1(=O)CCN(S(=O)(=O)N(Cc2ccc(-c3nnc(C(F)F)o3)cn2)c2cccc(Cl)c2)CC1. The topological polar surface area (TPSA) is 133 Å². The fraction of sp³-hybridized carbons (Fsp3) is 0.316. The Labute approximate surface area is 199 Å². The number of halogens is 3. The van der Waals surface area contributed by atoms with Crippen molar-refractivity contribution in [1.29, 1.82) is 4.78 Å². The average molecular weight is 533 g/mol. The summed E-state index contributed by atoms with van der Waals surface area (Å²) in [6.07, 6.45) is -1.58. The summed E-state index contributed by atoms with van der Waals surface area (Å²) in [7, 11) is -6.87. The minimum Gasteiger partial charge on any atom is -0.415 e. The minimum absolute atomic E-state index is 0.0439. The van der Waals surface area contributed by atoms with Gasteiger partial charge in [0.15, 0.2) is 0 Å². The van der Waals surface area contributed by atoms with Crippen molar-refractivity contribution in [1.82, 2.24) is 19.5 Å². The van der Waals surface area contributed by atoms with Crippen molar-refractivity contribution in [3.63, 3.8) is 0 Å². The summed E-state index contributed by atoms with van der Waals surface area (Å²) in [5.41, 5.74) is 0.942. The van der Waals surface area contributed by atoms with Gasteiger partial charge < -0.3 is 4.42 Å². The summed E-state index contributed by atoms with van der Waals surface area (Å²) < 4.78 is 79.3. The standard InChI is InChI=1S/C19H19ClF2N6O4S2/c20-14-2-1-3-16(10-14)28(34(30,31)27-6-8-33(23,29)9-7-27)12-15-5-4-13(11-24-15)18-25-26-19(32-18)17(21)22/h1-5,10-11,17,23H,6-9,12H2. The van der Waals surface area contributed by atoms with E-state index in [1.165, 1.54) is 28.7 Å². The van der Waals surface area contributed by atoms with Crippen LogP contribution in [0.2, 0.25) is 5.02 Å². The Kier molecular flexibility index (Phi) is 6.85. The molecule has 0 radical (unpaired) electrons. The number of nitrogens with zero attached hydrogens (tertiary/aromatic N) is 5. The first-order valence-electron chi connectivity index (χ1n) is 9.89. The molecule has 3 aromatic rings. The Balaban J connectivity index is 1.62. The van der Waals surface area contributed by atoms with Crippen molar-refractivity contribution < 1.29 is 25.8 Å². The van der Waals surface area contributed by atoms with Gasteiger partial charge in [0.05, 0.1) is 23.5 Å². The van der Waals surface area contributed by atoms with E-state index in [0.29, 0.717) is 22.0 Å². The van der Waals surface area contributed by atoms with Gasteiger partial charge in [-0.1, -0.05) is 17.7 Å². The number of benzene rings is 1. The molecule has 0 amide bonds. The number of hydrogen-bond donors (Lipinski definition) is 1. The van der Waals surface area contributed by atoms with Gasteiger partial charge in [0, 0.05) is 45.5 Å². The summed E-state index contributed by atoms with van der Waals surface area (Å²) in [6, 6.07) is 9.32. The molecule has 0 unspecified atom stereocenters. The van der Waals surface area contributed by atoms with Crippen LogP contribution in [-0.2, 0) is 26.5 Å². The molecule has 1 aliphatic rings. The summed E-state index contributed by atoms with van der Waals surface area (Å²) >= 11 is 6.09. The van der Waals surface area contributed by atoms with Gasteiger partial charge in [-0.3, -0.25) is 14.1 Å². The van der Waals surface area contributed by atoms with Crippen molar-refractivity contribution >= 4 is 37.2 Å². The monoisotopic (exact) mass is 532 g/mol. The van der Waals surface area contributed by atoms with Crippen molar-refractivity contribution in [2.75, 3.05) is 28.9 Å².